The van der Waals surface area contributed by atoms with Crippen LogP contribution < -0.4 is 0 Å². The van der Waals surface area contributed by atoms with Gasteiger partial charge in [0.05, 0.1) is 12.7 Å². The van der Waals surface area contributed by atoms with E-state index in [0.717, 1.165) is 0 Å². The molecule has 0 aliphatic carbocycles. The summed E-state index contributed by atoms with van der Waals surface area (Å²) in [6.45, 7) is -2.43. The molecule has 5 nitrogen and oxygen atoms in total. The summed E-state index contributed by atoms with van der Waals surface area (Å²) in [4.78, 5) is 16.4. The highest BCUT2D eigenvalue weighted by molar-refractivity contribution is 7.46. The van der Waals surface area contributed by atoms with E-state index in [2.05, 4.69) is 4.52 Å². The van der Waals surface area contributed by atoms with Crippen LogP contribution in [0.25, 0.3) is 0 Å². The van der Waals surface area contributed by atoms with Gasteiger partial charge in [0, 0.05) is 6.42 Å². The molecule has 0 saturated heterocycles. The van der Waals surface area contributed by atoms with Crippen LogP contribution in [0.15, 0.2) is 0 Å². The summed E-state index contributed by atoms with van der Waals surface area (Å²) in [6.07, 6.45) is -15.8. The van der Waals surface area contributed by atoms with E-state index in [-0.39, 0.29) is 0 Å². The fourth-order valence-corrected chi connectivity index (χ4v) is 3.41. The second kappa shape index (κ2) is 12.8. The van der Waals surface area contributed by atoms with Gasteiger partial charge in [0.1, 0.15) is 0 Å². The van der Waals surface area contributed by atoms with Crippen LogP contribution >= 0.6 is 7.82 Å². The molecule has 0 aliphatic heterocycles. The molecule has 35 heteroatoms. The molecule has 0 aromatic heterocycles. The number of phosphoric ester groups is 1. The fraction of sp³-hybridized carbons (Fsp3) is 1.00. The van der Waals surface area contributed by atoms with Crippen molar-refractivity contribution in [2.24, 2.45) is 0 Å². The molecular formula is C17H8F29O5P. The highest BCUT2D eigenvalue weighted by Gasteiger charge is 3.00. The minimum absolute atomic E-state index is 2.43. The summed E-state index contributed by atoms with van der Waals surface area (Å²) in [7, 11) is -5.94. The Hall–Kier alpha value is -1.96. The molecule has 0 spiro atoms. The van der Waals surface area contributed by atoms with E-state index in [9.17, 15) is 132 Å². The lowest BCUT2D eigenvalue weighted by Crippen LogP contribution is -2.79. The van der Waals surface area contributed by atoms with Crippen LogP contribution in [0.2, 0.25) is 0 Å². The maximum Gasteiger partial charge on any atom is 0.469 e. The Morgan fingerprint density at radius 3 is 0.769 bits per heavy atom. The average Bonchev–Trinajstić information content (AvgIpc) is 2.89. The summed E-state index contributed by atoms with van der Waals surface area (Å²) < 4.78 is 404. The normalized spacial score (nSPS) is 17.5. The van der Waals surface area contributed by atoms with Crippen molar-refractivity contribution < 1.29 is 151 Å². The van der Waals surface area contributed by atoms with Crippen LogP contribution in [-0.2, 0) is 9.09 Å². The Morgan fingerprint density at radius 2 is 0.577 bits per heavy atom. The predicted molar refractivity (Wildman–Crippen MR) is 99.0 cm³/mol. The first-order valence-electron chi connectivity index (χ1n) is 11.2. The van der Waals surface area contributed by atoms with Crippen LogP contribution in [0.5, 0.6) is 0 Å². The highest BCUT2D eigenvalue weighted by Crippen LogP contribution is 2.69. The fourth-order valence-electron chi connectivity index (χ4n) is 3.05. The van der Waals surface area contributed by atoms with Crippen LogP contribution in [0.1, 0.15) is 6.42 Å². The Morgan fingerprint density at radius 1 is 0.385 bits per heavy atom. The van der Waals surface area contributed by atoms with Crippen LogP contribution in [0, 0.1) is 0 Å². The smallest absolute Gasteiger partial charge is 0.390 e. The molecule has 0 saturated carbocycles. The zero-order valence-electron chi connectivity index (χ0n) is 22.6. The number of aliphatic hydroxyl groups is 1. The van der Waals surface area contributed by atoms with Gasteiger partial charge in [-0.05, 0) is 0 Å². The molecule has 0 aliphatic rings. The maximum atomic E-state index is 13.9. The molecule has 3 N–H and O–H groups in total. The Kier molecular flexibility index (Phi) is 12.3. The molecular weight excluding hydrogens is 866 g/mol. The minimum Gasteiger partial charge on any atom is -0.390 e. The summed E-state index contributed by atoms with van der Waals surface area (Å²) in [5, 5.41) is 8.90. The van der Waals surface area contributed by atoms with Gasteiger partial charge in [-0.25, -0.2) is 4.57 Å². The molecule has 0 bridgehead atoms. The van der Waals surface area contributed by atoms with E-state index in [1.807, 2.05) is 0 Å². The van der Waals surface area contributed by atoms with E-state index < -0.39 is 110 Å². The Balaban J connectivity index is 7.39. The number of alkyl halides is 29. The van der Waals surface area contributed by atoms with Gasteiger partial charge in [0.25, 0.3) is 0 Å². The molecule has 0 fully saturated rings. The maximum absolute atomic E-state index is 13.9. The summed E-state index contributed by atoms with van der Waals surface area (Å²) in [6, 6.07) is 0. The Labute approximate surface area is 262 Å². The molecule has 0 aromatic carbocycles. The van der Waals surface area contributed by atoms with E-state index in [4.69, 9.17) is 14.9 Å². The highest BCUT2D eigenvalue weighted by atomic mass is 31.2. The zero-order chi connectivity index (χ0) is 43.2. The SMILES string of the molecule is O=P(O)(O)OCC(O)CC(F)(F)C(F)(F)C(F)(F)C(F)(F)C(F)(F)C(F)(F)C(F)(F)C(F)(F)C(F)(F)C(F)(F)C(F)(F)C(F)(F)C(F)(F)C(F)(F)F. The van der Waals surface area contributed by atoms with Gasteiger partial charge >= 0.3 is 91.0 Å². The van der Waals surface area contributed by atoms with Gasteiger partial charge < -0.3 is 14.9 Å². The van der Waals surface area contributed by atoms with Gasteiger partial charge in [-0.15, -0.1) is 0 Å². The molecule has 314 valence electrons. The van der Waals surface area contributed by atoms with E-state index in [0.29, 0.717) is 0 Å². The number of aliphatic hydroxyl groups excluding tert-OH is 1. The van der Waals surface area contributed by atoms with Crippen molar-refractivity contribution in [1.82, 2.24) is 0 Å². The number of hydrogen-bond donors (Lipinski definition) is 3. The van der Waals surface area contributed by atoms with Crippen molar-refractivity contribution in [2.45, 2.75) is 95.7 Å². The number of rotatable bonds is 17. The third kappa shape index (κ3) is 6.69. The van der Waals surface area contributed by atoms with E-state index in [1.165, 1.54) is 0 Å². The average molecular weight is 874 g/mol. The molecule has 52 heavy (non-hydrogen) atoms. The second-order valence-corrected chi connectivity index (χ2v) is 11.0. The quantitative estimate of drug-likeness (QED) is 0.101. The van der Waals surface area contributed by atoms with Gasteiger partial charge in [0.15, 0.2) is 0 Å². The predicted octanol–water partition coefficient (Wildman–Crippen LogP) is 8.67. The van der Waals surface area contributed by atoms with Crippen LogP contribution in [-0.4, -0.2) is 111 Å². The van der Waals surface area contributed by atoms with Gasteiger partial charge in [-0.2, -0.15) is 127 Å². The third-order valence-electron chi connectivity index (χ3n) is 6.08. The molecule has 0 amide bonds. The number of phosphoric acid groups is 1. The monoisotopic (exact) mass is 874 g/mol. The van der Waals surface area contributed by atoms with Crippen molar-refractivity contribution in [3.8, 4) is 0 Å². The van der Waals surface area contributed by atoms with Crippen molar-refractivity contribution in [1.29, 1.82) is 0 Å². The minimum atomic E-state index is -10.0. The lowest BCUT2D eigenvalue weighted by atomic mass is 9.83. The van der Waals surface area contributed by atoms with Crippen LogP contribution in [0.4, 0.5) is 127 Å². The van der Waals surface area contributed by atoms with Gasteiger partial charge in [0.2, 0.25) is 0 Å². The largest absolute Gasteiger partial charge is 0.469 e. The molecule has 0 radical (unpaired) electrons. The summed E-state index contributed by atoms with van der Waals surface area (Å²) in [5.41, 5.74) is 0. The van der Waals surface area contributed by atoms with Crippen molar-refractivity contribution >= 4 is 7.82 Å². The number of hydrogen-bond acceptors (Lipinski definition) is 3. The van der Waals surface area contributed by atoms with Gasteiger partial charge in [-0.3, -0.25) is 4.52 Å². The second-order valence-electron chi connectivity index (χ2n) is 9.74. The first kappa shape index (κ1) is 50.0. The van der Waals surface area contributed by atoms with Gasteiger partial charge in [-0.1, -0.05) is 0 Å². The molecule has 0 heterocycles. The van der Waals surface area contributed by atoms with E-state index >= 15 is 0 Å². The van der Waals surface area contributed by atoms with Crippen molar-refractivity contribution in [3.05, 3.63) is 0 Å². The summed E-state index contributed by atoms with van der Waals surface area (Å²) >= 11 is 0. The molecule has 0 rings (SSSR count). The first-order valence-corrected chi connectivity index (χ1v) is 12.7. The van der Waals surface area contributed by atoms with Crippen molar-refractivity contribution in [3.63, 3.8) is 0 Å². The lowest BCUT2D eigenvalue weighted by molar-refractivity contribution is -0.487. The molecule has 0 aromatic rings. The zero-order valence-corrected chi connectivity index (χ0v) is 23.5. The lowest BCUT2D eigenvalue weighted by Gasteiger charge is -2.46. The van der Waals surface area contributed by atoms with Crippen molar-refractivity contribution in [2.75, 3.05) is 6.61 Å². The molecule has 1 unspecified atom stereocenters. The Bertz CT molecular complexity index is 1330. The standard InChI is InChI=1S/C17H8F29O5P/c18-4(19,1-3(47)2-51-52(48,49)50)5(20,21)6(22,23)7(24,25)8(26,27)9(28,29)10(30,31)11(32,33)12(34,35)13(36,37)14(38,39)15(40,41)16(42,43)17(44,45)46/h3,47H,1-2H2,(H2,48,49,50). The first-order chi connectivity index (χ1) is 21.9. The summed E-state index contributed by atoms with van der Waals surface area (Å²) in [5.74, 6) is -122. The molecule has 1 atom stereocenters. The topological polar surface area (TPSA) is 87.0 Å². The third-order valence-corrected chi connectivity index (χ3v) is 6.57. The number of halogens is 29. The van der Waals surface area contributed by atoms with Crippen LogP contribution in [0.3, 0.4) is 0 Å². The van der Waals surface area contributed by atoms with E-state index in [1.54, 1.807) is 0 Å².